The molecule has 17 heteroatoms. The zero-order chi connectivity index (χ0) is 38.6. The minimum atomic E-state index is -5.11. The highest BCUT2D eigenvalue weighted by atomic mass is 32.2. The quantitative estimate of drug-likeness (QED) is 0.0469. The molecule has 1 aliphatic rings. The lowest BCUT2D eigenvalue weighted by atomic mass is 10.1. The molecule has 0 spiro atoms. The van der Waals surface area contributed by atoms with Gasteiger partial charge >= 0.3 is 19.7 Å². The van der Waals surface area contributed by atoms with Crippen molar-refractivity contribution in [1.82, 2.24) is 9.55 Å². The summed E-state index contributed by atoms with van der Waals surface area (Å²) in [6, 6.07) is 0. The van der Waals surface area contributed by atoms with Crippen LogP contribution in [0.4, 0.5) is 13.2 Å². The molecule has 0 aromatic carbocycles. The lowest BCUT2D eigenvalue weighted by Gasteiger charge is -2.24. The summed E-state index contributed by atoms with van der Waals surface area (Å²) < 4.78 is 73.7. The SMILES string of the molecule is CCCCCCCCCCSC(CCCCCCCCC)C(C)OCCCOP(=O)(O)OC[C@H]1O[C@@H](n2cc(C(F)(F)F)c(=O)[nH]c2=O)[C@H](O)[C@@H]1O. The summed E-state index contributed by atoms with van der Waals surface area (Å²) in [5, 5.41) is 21.0. The number of halogens is 3. The number of aromatic amines is 1. The van der Waals surface area contributed by atoms with Crippen LogP contribution in [0.5, 0.6) is 0 Å². The molecule has 0 bridgehead atoms. The molecule has 0 amide bonds. The maximum Gasteiger partial charge on any atom is 0.472 e. The average molecular weight is 791 g/mol. The van der Waals surface area contributed by atoms with Crippen molar-refractivity contribution >= 4 is 19.6 Å². The molecule has 1 aromatic rings. The summed E-state index contributed by atoms with van der Waals surface area (Å²) >= 11 is 1.97. The standard InChI is InChI=1S/C35H62F3N2O10PS/c1-4-6-8-10-12-14-16-18-23-52-29(20-17-15-13-11-9-7-5-2)26(3)47-21-19-22-48-51(45,46)49-25-28-30(41)31(42)33(50-28)40-24-27(35(36,37)38)32(43)39-34(40)44/h24,26,28-31,33,41-42H,4-23,25H2,1-3H3,(H,45,46)(H,39,43,44)/t26?,28-,29?,30-,31-,33-/m1/s1. The van der Waals surface area contributed by atoms with Gasteiger partial charge in [0.2, 0.25) is 0 Å². The third-order valence-corrected chi connectivity index (χ3v) is 11.7. The average Bonchev–Trinajstić information content (AvgIpc) is 3.36. The van der Waals surface area contributed by atoms with Crippen molar-refractivity contribution < 1.29 is 51.4 Å². The van der Waals surface area contributed by atoms with Crippen LogP contribution in [0.2, 0.25) is 0 Å². The van der Waals surface area contributed by atoms with Gasteiger partial charge in [0.1, 0.15) is 23.9 Å². The zero-order valence-electron chi connectivity index (χ0n) is 31.0. The van der Waals surface area contributed by atoms with Crippen molar-refractivity contribution in [2.75, 3.05) is 25.6 Å². The lowest BCUT2D eigenvalue weighted by Crippen LogP contribution is -2.40. The molecule has 7 atom stereocenters. The van der Waals surface area contributed by atoms with Gasteiger partial charge in [-0.15, -0.1) is 0 Å². The summed E-state index contributed by atoms with van der Waals surface area (Å²) in [5.41, 5.74) is -4.73. The summed E-state index contributed by atoms with van der Waals surface area (Å²) in [7, 11) is -4.67. The number of aromatic nitrogens is 2. The fraction of sp³-hybridized carbons (Fsp3) is 0.886. The normalized spacial score (nSPS) is 21.7. The van der Waals surface area contributed by atoms with Gasteiger partial charge in [0.15, 0.2) is 6.23 Å². The lowest BCUT2D eigenvalue weighted by molar-refractivity contribution is -0.140. The van der Waals surface area contributed by atoms with Crippen LogP contribution < -0.4 is 11.2 Å². The first kappa shape index (κ1) is 46.9. The molecule has 12 nitrogen and oxygen atoms in total. The van der Waals surface area contributed by atoms with Gasteiger partial charge in [-0.05, 0) is 31.9 Å². The van der Waals surface area contributed by atoms with Gasteiger partial charge in [-0.2, -0.15) is 24.9 Å². The van der Waals surface area contributed by atoms with Gasteiger partial charge in [0.05, 0.1) is 19.3 Å². The van der Waals surface area contributed by atoms with Crippen molar-refractivity contribution in [3.63, 3.8) is 0 Å². The molecule has 52 heavy (non-hydrogen) atoms. The number of unbranched alkanes of at least 4 members (excludes halogenated alkanes) is 13. The van der Waals surface area contributed by atoms with Gasteiger partial charge < -0.3 is 24.6 Å². The summed E-state index contributed by atoms with van der Waals surface area (Å²) in [6.07, 6.45) is 8.20. The Hall–Kier alpha value is -1.23. The Morgan fingerprint density at radius 1 is 0.885 bits per heavy atom. The van der Waals surface area contributed by atoms with Gasteiger partial charge in [-0.3, -0.25) is 23.4 Å². The number of H-pyrrole nitrogens is 1. The van der Waals surface area contributed by atoms with E-state index >= 15 is 0 Å². The predicted molar refractivity (Wildman–Crippen MR) is 195 cm³/mol. The highest BCUT2D eigenvalue weighted by Gasteiger charge is 2.46. The van der Waals surface area contributed by atoms with E-state index in [1.165, 1.54) is 94.9 Å². The van der Waals surface area contributed by atoms with Crippen molar-refractivity contribution in [3.05, 3.63) is 32.6 Å². The number of hydrogen-bond acceptors (Lipinski definition) is 10. The van der Waals surface area contributed by atoms with Crippen LogP contribution >= 0.6 is 19.6 Å². The minimum Gasteiger partial charge on any atom is -0.387 e. The van der Waals surface area contributed by atoms with E-state index in [-0.39, 0.29) is 23.5 Å². The number of rotatable bonds is 29. The fourth-order valence-electron chi connectivity index (χ4n) is 6.02. The monoisotopic (exact) mass is 790 g/mol. The van der Waals surface area contributed by atoms with Crippen molar-refractivity contribution in [3.8, 4) is 0 Å². The van der Waals surface area contributed by atoms with Crippen LogP contribution in [0.1, 0.15) is 142 Å². The maximum absolute atomic E-state index is 13.2. The van der Waals surface area contributed by atoms with Crippen molar-refractivity contribution in [1.29, 1.82) is 0 Å². The number of nitrogens with one attached hydrogen (secondary N) is 1. The molecule has 0 saturated carbocycles. The van der Waals surface area contributed by atoms with E-state index in [0.717, 1.165) is 18.6 Å². The third-order valence-electron chi connectivity index (χ3n) is 9.16. The first-order valence-corrected chi connectivity index (χ1v) is 21.6. The Kier molecular flexibility index (Phi) is 22.6. The molecular formula is C35H62F3N2O10PS. The Bertz CT molecular complexity index is 1290. The number of hydrogen-bond donors (Lipinski definition) is 4. The number of nitrogens with zero attached hydrogens (tertiary/aromatic N) is 1. The molecule has 1 aromatic heterocycles. The zero-order valence-corrected chi connectivity index (χ0v) is 32.7. The number of aliphatic hydroxyl groups excluding tert-OH is 2. The number of phosphoric acid groups is 1. The number of thioether (sulfide) groups is 1. The van der Waals surface area contributed by atoms with E-state index in [9.17, 15) is 42.4 Å². The first-order chi connectivity index (χ1) is 24.7. The van der Waals surface area contributed by atoms with Gasteiger partial charge in [-0.1, -0.05) is 104 Å². The van der Waals surface area contributed by atoms with Gasteiger partial charge in [0, 0.05) is 18.1 Å². The molecule has 1 saturated heterocycles. The molecule has 0 radical (unpaired) electrons. The Morgan fingerprint density at radius 3 is 2.06 bits per heavy atom. The molecule has 0 aliphatic carbocycles. The van der Waals surface area contributed by atoms with Crippen LogP contribution in [0.25, 0.3) is 0 Å². The molecular weight excluding hydrogens is 728 g/mol. The Morgan fingerprint density at radius 2 is 1.46 bits per heavy atom. The summed E-state index contributed by atoms with van der Waals surface area (Å²) in [5.74, 6) is 1.09. The molecule has 1 aliphatic heterocycles. The molecule has 4 N–H and O–H groups in total. The van der Waals surface area contributed by atoms with Gasteiger partial charge in [0.25, 0.3) is 5.56 Å². The van der Waals surface area contributed by atoms with Gasteiger partial charge in [-0.25, -0.2) is 9.36 Å². The predicted octanol–water partition coefficient (Wildman–Crippen LogP) is 7.49. The summed E-state index contributed by atoms with van der Waals surface area (Å²) in [4.78, 5) is 35.4. The van der Waals surface area contributed by atoms with E-state index in [4.69, 9.17) is 18.5 Å². The van der Waals surface area contributed by atoms with Crippen molar-refractivity contribution in [2.24, 2.45) is 0 Å². The molecule has 1 fully saturated rings. The highest BCUT2D eigenvalue weighted by molar-refractivity contribution is 7.99. The molecule has 3 unspecified atom stereocenters. The van der Waals surface area contributed by atoms with Crippen LogP contribution in [-0.4, -0.2) is 79.9 Å². The molecule has 2 rings (SSSR count). The van der Waals surface area contributed by atoms with E-state index in [2.05, 4.69) is 20.8 Å². The molecule has 304 valence electrons. The first-order valence-electron chi connectivity index (χ1n) is 19.0. The smallest absolute Gasteiger partial charge is 0.387 e. The fourth-order valence-corrected chi connectivity index (χ4v) is 8.15. The van der Waals surface area contributed by atoms with Crippen LogP contribution in [0, 0.1) is 0 Å². The Labute approximate surface area is 310 Å². The van der Waals surface area contributed by atoms with Crippen LogP contribution in [0.15, 0.2) is 15.8 Å². The second-order valence-corrected chi connectivity index (χ2v) is 16.4. The topological polar surface area (TPSA) is 170 Å². The van der Waals surface area contributed by atoms with E-state index in [0.29, 0.717) is 18.3 Å². The van der Waals surface area contributed by atoms with Crippen LogP contribution in [0.3, 0.4) is 0 Å². The van der Waals surface area contributed by atoms with Crippen molar-refractivity contribution in [2.45, 2.75) is 172 Å². The Balaban J connectivity index is 1.78. The molecule has 2 heterocycles. The van der Waals surface area contributed by atoms with E-state index in [1.54, 1.807) is 0 Å². The second-order valence-electron chi connectivity index (χ2n) is 13.6. The number of aliphatic hydroxyl groups is 2. The summed E-state index contributed by atoms with van der Waals surface area (Å²) in [6.45, 7) is 5.82. The number of phosphoric ester groups is 1. The maximum atomic E-state index is 13.2. The largest absolute Gasteiger partial charge is 0.472 e. The number of ether oxygens (including phenoxy) is 2. The highest BCUT2D eigenvalue weighted by Crippen LogP contribution is 2.44. The minimum absolute atomic E-state index is 0.0149. The van der Waals surface area contributed by atoms with E-state index in [1.807, 2.05) is 11.8 Å². The number of alkyl halides is 3. The van der Waals surface area contributed by atoms with E-state index < -0.39 is 62.0 Å². The third kappa shape index (κ3) is 17.5. The van der Waals surface area contributed by atoms with Crippen LogP contribution in [-0.2, 0) is 29.3 Å². The second kappa shape index (κ2) is 25.0.